The zero-order chi connectivity index (χ0) is 18.1. The molecule has 0 radical (unpaired) electrons. The molecule has 0 aliphatic carbocycles. The fraction of sp³-hybridized carbons (Fsp3) is 0.353. The van der Waals surface area contributed by atoms with Gasteiger partial charge in [0.25, 0.3) is 5.89 Å². The molecule has 0 spiro atoms. The Morgan fingerprint density at radius 1 is 1.19 bits per heavy atom. The van der Waals surface area contributed by atoms with Crippen molar-refractivity contribution in [1.29, 1.82) is 0 Å². The number of piperidine rings is 1. The van der Waals surface area contributed by atoms with Gasteiger partial charge < -0.3 is 4.42 Å². The fourth-order valence-corrected chi connectivity index (χ4v) is 5.53. The van der Waals surface area contributed by atoms with Crippen molar-refractivity contribution in [3.8, 4) is 10.8 Å². The van der Waals surface area contributed by atoms with Crippen LogP contribution in [0.5, 0.6) is 0 Å². The van der Waals surface area contributed by atoms with Crippen LogP contribution >= 0.6 is 11.3 Å². The second-order valence-electron chi connectivity index (χ2n) is 6.15. The molecule has 1 atom stereocenters. The Labute approximate surface area is 155 Å². The van der Waals surface area contributed by atoms with Crippen LogP contribution in [-0.2, 0) is 10.0 Å². The average molecular weight is 390 g/mol. The van der Waals surface area contributed by atoms with Gasteiger partial charge >= 0.3 is 0 Å². The average Bonchev–Trinajstić information content (AvgIpc) is 3.31. The van der Waals surface area contributed by atoms with Crippen molar-refractivity contribution in [1.82, 2.24) is 19.5 Å². The SMILES string of the molecule is Cc1ncsc1-c1nnc([C@H]2CCCCN2S(=O)(=O)c2ccccc2)o1. The highest BCUT2D eigenvalue weighted by molar-refractivity contribution is 7.89. The van der Waals surface area contributed by atoms with Crippen molar-refractivity contribution in [3.63, 3.8) is 0 Å². The lowest BCUT2D eigenvalue weighted by molar-refractivity contribution is 0.220. The minimum Gasteiger partial charge on any atom is -0.418 e. The molecule has 1 fully saturated rings. The van der Waals surface area contributed by atoms with Crippen molar-refractivity contribution < 1.29 is 12.8 Å². The molecule has 7 nitrogen and oxygen atoms in total. The highest BCUT2D eigenvalue weighted by atomic mass is 32.2. The van der Waals surface area contributed by atoms with Crippen LogP contribution < -0.4 is 0 Å². The van der Waals surface area contributed by atoms with E-state index in [-0.39, 0.29) is 4.90 Å². The fourth-order valence-electron chi connectivity index (χ4n) is 3.14. The number of hydrogen-bond acceptors (Lipinski definition) is 7. The van der Waals surface area contributed by atoms with E-state index in [2.05, 4.69) is 15.2 Å². The van der Waals surface area contributed by atoms with Gasteiger partial charge in [0.2, 0.25) is 15.9 Å². The van der Waals surface area contributed by atoms with E-state index in [0.29, 0.717) is 24.7 Å². The van der Waals surface area contributed by atoms with Gasteiger partial charge in [-0.25, -0.2) is 13.4 Å². The van der Waals surface area contributed by atoms with E-state index < -0.39 is 16.1 Å². The van der Waals surface area contributed by atoms with Crippen LogP contribution in [0.2, 0.25) is 0 Å². The number of aryl methyl sites for hydroxylation is 1. The molecule has 1 aliphatic rings. The van der Waals surface area contributed by atoms with Crippen LogP contribution in [0.15, 0.2) is 45.2 Å². The summed E-state index contributed by atoms with van der Waals surface area (Å²) in [5.74, 6) is 0.731. The van der Waals surface area contributed by atoms with Crippen LogP contribution in [-0.4, -0.2) is 34.4 Å². The summed E-state index contributed by atoms with van der Waals surface area (Å²) in [5.41, 5.74) is 2.55. The second kappa shape index (κ2) is 6.90. The molecule has 0 amide bonds. The van der Waals surface area contributed by atoms with Gasteiger partial charge in [-0.1, -0.05) is 24.6 Å². The third kappa shape index (κ3) is 3.06. The molecule has 3 heterocycles. The summed E-state index contributed by atoms with van der Waals surface area (Å²) in [6.45, 7) is 2.32. The van der Waals surface area contributed by atoms with Crippen molar-refractivity contribution >= 4 is 21.4 Å². The van der Waals surface area contributed by atoms with Gasteiger partial charge in [-0.15, -0.1) is 21.5 Å². The maximum absolute atomic E-state index is 13.1. The summed E-state index contributed by atoms with van der Waals surface area (Å²) < 4.78 is 33.5. The van der Waals surface area contributed by atoms with Gasteiger partial charge in [0.05, 0.1) is 16.1 Å². The largest absolute Gasteiger partial charge is 0.418 e. The Morgan fingerprint density at radius 2 is 2.00 bits per heavy atom. The second-order valence-corrected chi connectivity index (χ2v) is 8.90. The van der Waals surface area contributed by atoms with Gasteiger partial charge in [0.15, 0.2) is 0 Å². The minimum absolute atomic E-state index is 0.282. The minimum atomic E-state index is -3.62. The van der Waals surface area contributed by atoms with Crippen LogP contribution in [0, 0.1) is 6.92 Å². The first-order valence-corrected chi connectivity index (χ1v) is 10.7. The number of hydrogen-bond donors (Lipinski definition) is 0. The smallest absolute Gasteiger partial charge is 0.259 e. The van der Waals surface area contributed by atoms with E-state index in [9.17, 15) is 8.42 Å². The first kappa shape index (κ1) is 17.3. The van der Waals surface area contributed by atoms with Crippen LogP contribution in [0.25, 0.3) is 10.8 Å². The maximum Gasteiger partial charge on any atom is 0.259 e. The maximum atomic E-state index is 13.1. The van der Waals surface area contributed by atoms with Gasteiger partial charge in [-0.2, -0.15) is 4.31 Å². The Hall–Kier alpha value is -2.10. The number of rotatable bonds is 4. The standard InChI is InChI=1S/C17H18N4O3S2/c1-12-15(25-11-18-12)17-20-19-16(24-17)14-9-5-6-10-21(14)26(22,23)13-7-3-2-4-8-13/h2-4,7-8,11,14H,5-6,9-10H2,1H3/t14-/m1/s1. The quantitative estimate of drug-likeness (QED) is 0.678. The van der Waals surface area contributed by atoms with Crippen LogP contribution in [0.3, 0.4) is 0 Å². The number of sulfonamides is 1. The van der Waals surface area contributed by atoms with Crippen molar-refractivity contribution in [2.24, 2.45) is 0 Å². The molecule has 26 heavy (non-hydrogen) atoms. The third-order valence-corrected chi connectivity index (χ3v) is 7.31. The molecule has 0 saturated carbocycles. The Kier molecular flexibility index (Phi) is 4.60. The van der Waals surface area contributed by atoms with Crippen molar-refractivity contribution in [2.45, 2.75) is 37.1 Å². The van der Waals surface area contributed by atoms with Gasteiger partial charge in [0, 0.05) is 6.54 Å². The molecule has 4 rings (SSSR count). The van der Waals surface area contributed by atoms with Gasteiger partial charge in [0.1, 0.15) is 10.9 Å². The molecule has 0 bridgehead atoms. The summed E-state index contributed by atoms with van der Waals surface area (Å²) in [6, 6.07) is 8.03. The lowest BCUT2D eigenvalue weighted by Crippen LogP contribution is -2.38. The normalized spacial score (nSPS) is 18.9. The molecule has 3 aromatic rings. The number of thiazole rings is 1. The molecule has 2 aromatic heterocycles. The Balaban J connectivity index is 1.69. The summed E-state index contributed by atoms with van der Waals surface area (Å²) in [4.78, 5) is 5.29. The van der Waals surface area contributed by atoms with Crippen LogP contribution in [0.4, 0.5) is 0 Å². The van der Waals surface area contributed by atoms with Crippen LogP contribution in [0.1, 0.15) is 36.9 Å². The van der Waals surface area contributed by atoms with Crippen molar-refractivity contribution in [2.75, 3.05) is 6.54 Å². The van der Waals surface area contributed by atoms with E-state index in [0.717, 1.165) is 23.4 Å². The Morgan fingerprint density at radius 3 is 2.73 bits per heavy atom. The molecular formula is C17H18N4O3S2. The monoisotopic (exact) mass is 390 g/mol. The molecule has 1 aromatic carbocycles. The zero-order valence-electron chi connectivity index (χ0n) is 14.2. The van der Waals surface area contributed by atoms with E-state index in [1.807, 2.05) is 6.92 Å². The van der Waals surface area contributed by atoms with Gasteiger partial charge in [-0.05, 0) is 31.9 Å². The first-order chi connectivity index (χ1) is 12.6. The molecule has 136 valence electrons. The molecule has 1 saturated heterocycles. The van der Waals surface area contributed by atoms with Gasteiger partial charge in [-0.3, -0.25) is 0 Å². The molecular weight excluding hydrogens is 372 g/mol. The molecule has 0 N–H and O–H groups in total. The summed E-state index contributed by atoms with van der Waals surface area (Å²) in [6.07, 6.45) is 2.40. The summed E-state index contributed by atoms with van der Waals surface area (Å²) in [7, 11) is -3.62. The predicted molar refractivity (Wildman–Crippen MR) is 97.1 cm³/mol. The number of nitrogens with zero attached hydrogens (tertiary/aromatic N) is 4. The van der Waals surface area contributed by atoms with E-state index in [1.54, 1.807) is 35.8 Å². The highest BCUT2D eigenvalue weighted by Gasteiger charge is 2.37. The summed E-state index contributed by atoms with van der Waals surface area (Å²) >= 11 is 1.43. The first-order valence-electron chi connectivity index (χ1n) is 8.38. The van der Waals surface area contributed by atoms with E-state index in [4.69, 9.17) is 4.42 Å². The lowest BCUT2D eigenvalue weighted by Gasteiger charge is -2.32. The topological polar surface area (TPSA) is 89.2 Å². The van der Waals surface area contributed by atoms with Crippen molar-refractivity contribution in [3.05, 3.63) is 47.4 Å². The highest BCUT2D eigenvalue weighted by Crippen LogP contribution is 2.36. The van der Waals surface area contributed by atoms with E-state index >= 15 is 0 Å². The zero-order valence-corrected chi connectivity index (χ0v) is 15.8. The number of benzene rings is 1. The third-order valence-electron chi connectivity index (χ3n) is 4.47. The molecule has 1 aliphatic heterocycles. The Bertz CT molecular complexity index is 998. The molecule has 9 heteroatoms. The summed E-state index contributed by atoms with van der Waals surface area (Å²) in [5, 5.41) is 8.27. The molecule has 0 unspecified atom stereocenters. The van der Waals surface area contributed by atoms with E-state index in [1.165, 1.54) is 15.6 Å². The lowest BCUT2D eigenvalue weighted by atomic mass is 10.1. The number of aromatic nitrogens is 3. The predicted octanol–water partition coefficient (Wildman–Crippen LogP) is 3.42.